The van der Waals surface area contributed by atoms with Crippen LogP contribution in [0.4, 0.5) is 5.69 Å². The van der Waals surface area contributed by atoms with Crippen molar-refractivity contribution < 1.29 is 18.0 Å². The van der Waals surface area contributed by atoms with Gasteiger partial charge in [0.25, 0.3) is 0 Å². The molecule has 2 aromatic rings. The molecule has 0 aliphatic rings. The van der Waals surface area contributed by atoms with Crippen molar-refractivity contribution in [2.75, 3.05) is 23.7 Å². The van der Waals surface area contributed by atoms with E-state index in [0.717, 1.165) is 21.7 Å². The van der Waals surface area contributed by atoms with Crippen molar-refractivity contribution in [2.24, 2.45) is 0 Å². The minimum absolute atomic E-state index is 0.258. The van der Waals surface area contributed by atoms with Crippen LogP contribution in [-0.4, -0.2) is 56.1 Å². The maximum absolute atomic E-state index is 13.5. The first-order valence-corrected chi connectivity index (χ1v) is 13.3. The molecule has 7 nitrogen and oxygen atoms in total. The molecule has 1 N–H and O–H groups in total. The number of rotatable bonds is 9. The van der Waals surface area contributed by atoms with Gasteiger partial charge in [0.15, 0.2) is 0 Å². The number of halogens is 1. The summed E-state index contributed by atoms with van der Waals surface area (Å²) in [6, 6.07) is 13.6. The Labute approximate surface area is 208 Å². The molecule has 0 radical (unpaired) electrons. The Kier molecular flexibility index (Phi) is 9.14. The van der Waals surface area contributed by atoms with E-state index in [1.807, 2.05) is 58.0 Å². The topological polar surface area (TPSA) is 86.8 Å². The fraction of sp³-hybridized carbons (Fsp3) is 0.440. The molecule has 0 saturated carbocycles. The van der Waals surface area contributed by atoms with E-state index in [2.05, 4.69) is 5.32 Å². The smallest absolute Gasteiger partial charge is 0.244 e. The van der Waals surface area contributed by atoms with Crippen LogP contribution in [0.3, 0.4) is 0 Å². The third kappa shape index (κ3) is 8.02. The van der Waals surface area contributed by atoms with Crippen LogP contribution in [0.5, 0.6) is 0 Å². The maximum Gasteiger partial charge on any atom is 0.244 e. The number of amides is 2. The first-order valence-electron chi connectivity index (χ1n) is 11.1. The lowest BCUT2D eigenvalue weighted by Crippen LogP contribution is -2.55. The molecule has 2 amide bonds. The molecule has 0 fully saturated rings. The average molecular weight is 508 g/mol. The van der Waals surface area contributed by atoms with Gasteiger partial charge in [-0.3, -0.25) is 13.9 Å². The standard InChI is InChI=1S/C25H34ClN3O4S/c1-18-12-13-21(16-22(18)26)29(34(6,32)33)17-23(30)28(15-14-20-10-8-7-9-11-20)19(2)24(31)27-25(3,4)5/h7-13,16,19H,14-15,17H2,1-6H3,(H,27,31). The first-order chi connectivity index (χ1) is 15.7. The highest BCUT2D eigenvalue weighted by atomic mass is 35.5. The van der Waals surface area contributed by atoms with Crippen LogP contribution in [0.2, 0.25) is 5.02 Å². The van der Waals surface area contributed by atoms with Crippen molar-refractivity contribution in [3.8, 4) is 0 Å². The highest BCUT2D eigenvalue weighted by Gasteiger charge is 2.31. The van der Waals surface area contributed by atoms with Crippen LogP contribution in [0.15, 0.2) is 48.5 Å². The largest absolute Gasteiger partial charge is 0.350 e. The first kappa shape index (κ1) is 27.7. The van der Waals surface area contributed by atoms with Crippen molar-refractivity contribution in [3.63, 3.8) is 0 Å². The lowest BCUT2D eigenvalue weighted by molar-refractivity contribution is -0.139. The van der Waals surface area contributed by atoms with E-state index >= 15 is 0 Å². The number of anilines is 1. The molecule has 0 aliphatic carbocycles. The van der Waals surface area contributed by atoms with Gasteiger partial charge >= 0.3 is 0 Å². The van der Waals surface area contributed by atoms with Gasteiger partial charge < -0.3 is 10.2 Å². The normalized spacial score (nSPS) is 12.7. The second kappa shape index (κ2) is 11.2. The Morgan fingerprint density at radius 2 is 1.71 bits per heavy atom. The highest BCUT2D eigenvalue weighted by molar-refractivity contribution is 7.92. The maximum atomic E-state index is 13.5. The summed E-state index contributed by atoms with van der Waals surface area (Å²) in [4.78, 5) is 27.8. The monoisotopic (exact) mass is 507 g/mol. The van der Waals surface area contributed by atoms with E-state index in [-0.39, 0.29) is 12.5 Å². The third-order valence-electron chi connectivity index (χ3n) is 5.27. The summed E-state index contributed by atoms with van der Waals surface area (Å²) >= 11 is 6.21. The van der Waals surface area contributed by atoms with E-state index in [9.17, 15) is 18.0 Å². The summed E-state index contributed by atoms with van der Waals surface area (Å²) in [5.74, 6) is -0.784. The average Bonchev–Trinajstić information content (AvgIpc) is 2.72. The lowest BCUT2D eigenvalue weighted by atomic mass is 10.1. The molecule has 0 spiro atoms. The summed E-state index contributed by atoms with van der Waals surface area (Å²) in [5.41, 5.74) is 1.62. The van der Waals surface area contributed by atoms with Crippen molar-refractivity contribution in [1.82, 2.24) is 10.2 Å². The van der Waals surface area contributed by atoms with Gasteiger partial charge in [-0.25, -0.2) is 8.42 Å². The minimum Gasteiger partial charge on any atom is -0.350 e. The Bertz CT molecular complexity index is 1110. The number of nitrogens with zero attached hydrogens (tertiary/aromatic N) is 2. The number of hydrogen-bond acceptors (Lipinski definition) is 4. The van der Waals surface area contributed by atoms with Crippen LogP contribution < -0.4 is 9.62 Å². The molecule has 34 heavy (non-hydrogen) atoms. The zero-order valence-electron chi connectivity index (χ0n) is 20.6. The number of nitrogens with one attached hydrogen (secondary N) is 1. The fourth-order valence-corrected chi connectivity index (χ4v) is 4.41. The molecule has 2 aromatic carbocycles. The Morgan fingerprint density at radius 1 is 1.09 bits per heavy atom. The number of benzene rings is 2. The second-order valence-corrected chi connectivity index (χ2v) is 11.8. The summed E-state index contributed by atoms with van der Waals surface area (Å²) in [7, 11) is -3.79. The van der Waals surface area contributed by atoms with Gasteiger partial charge in [0.05, 0.1) is 11.9 Å². The van der Waals surface area contributed by atoms with Gasteiger partial charge in [-0.15, -0.1) is 0 Å². The molecule has 0 aliphatic heterocycles. The van der Waals surface area contributed by atoms with Gasteiger partial charge in [0.2, 0.25) is 21.8 Å². The van der Waals surface area contributed by atoms with Gasteiger partial charge in [-0.1, -0.05) is 48.0 Å². The Morgan fingerprint density at radius 3 is 2.24 bits per heavy atom. The number of hydrogen-bond donors (Lipinski definition) is 1. The van der Waals surface area contributed by atoms with Crippen LogP contribution in [0, 0.1) is 6.92 Å². The quantitative estimate of drug-likeness (QED) is 0.559. The fourth-order valence-electron chi connectivity index (χ4n) is 3.39. The molecule has 0 saturated heterocycles. The van der Waals surface area contributed by atoms with E-state index in [0.29, 0.717) is 17.1 Å². The molecular weight excluding hydrogens is 474 g/mol. The zero-order valence-corrected chi connectivity index (χ0v) is 22.2. The zero-order chi connectivity index (χ0) is 25.7. The van der Waals surface area contributed by atoms with Gasteiger partial charge in [-0.05, 0) is 64.3 Å². The summed E-state index contributed by atoms with van der Waals surface area (Å²) in [6.45, 7) is 8.86. The molecule has 0 aromatic heterocycles. The van der Waals surface area contributed by atoms with E-state index < -0.39 is 34.1 Å². The predicted molar refractivity (Wildman–Crippen MR) is 138 cm³/mol. The van der Waals surface area contributed by atoms with E-state index in [1.54, 1.807) is 19.1 Å². The molecule has 1 atom stereocenters. The number of carbonyl (C=O) groups is 2. The molecule has 2 rings (SSSR count). The Balaban J connectivity index is 2.34. The molecule has 186 valence electrons. The van der Waals surface area contributed by atoms with Gasteiger partial charge in [0.1, 0.15) is 12.6 Å². The number of carbonyl (C=O) groups excluding carboxylic acids is 2. The molecule has 0 bridgehead atoms. The van der Waals surface area contributed by atoms with Crippen LogP contribution >= 0.6 is 11.6 Å². The van der Waals surface area contributed by atoms with Crippen LogP contribution in [-0.2, 0) is 26.0 Å². The predicted octanol–water partition coefficient (Wildman–Crippen LogP) is 3.79. The summed E-state index contributed by atoms with van der Waals surface area (Å²) in [6.07, 6.45) is 1.56. The van der Waals surface area contributed by atoms with Crippen molar-refractivity contribution in [2.45, 2.75) is 52.6 Å². The highest BCUT2D eigenvalue weighted by Crippen LogP contribution is 2.25. The number of aryl methyl sites for hydroxylation is 1. The Hall–Kier alpha value is -2.58. The third-order valence-corrected chi connectivity index (χ3v) is 6.82. The SMILES string of the molecule is Cc1ccc(N(CC(=O)N(CCc2ccccc2)C(C)C(=O)NC(C)(C)C)S(C)(=O)=O)cc1Cl. The van der Waals surface area contributed by atoms with Crippen molar-refractivity contribution >= 4 is 39.1 Å². The van der Waals surface area contributed by atoms with E-state index in [4.69, 9.17) is 11.6 Å². The molecule has 1 unspecified atom stereocenters. The molecule has 9 heteroatoms. The molecular formula is C25H34ClN3O4S. The number of sulfonamides is 1. The second-order valence-electron chi connectivity index (χ2n) is 9.44. The van der Waals surface area contributed by atoms with Crippen LogP contribution in [0.25, 0.3) is 0 Å². The van der Waals surface area contributed by atoms with Gasteiger partial charge in [0, 0.05) is 17.1 Å². The van der Waals surface area contributed by atoms with Crippen LogP contribution in [0.1, 0.15) is 38.8 Å². The lowest BCUT2D eigenvalue weighted by Gasteiger charge is -2.33. The molecule has 0 heterocycles. The van der Waals surface area contributed by atoms with E-state index in [1.165, 1.54) is 11.0 Å². The summed E-state index contributed by atoms with van der Waals surface area (Å²) < 4.78 is 26.2. The van der Waals surface area contributed by atoms with Crippen molar-refractivity contribution in [1.29, 1.82) is 0 Å². The summed E-state index contributed by atoms with van der Waals surface area (Å²) in [5, 5.41) is 3.30. The minimum atomic E-state index is -3.79. The van der Waals surface area contributed by atoms with Crippen molar-refractivity contribution in [3.05, 3.63) is 64.7 Å². The van der Waals surface area contributed by atoms with Gasteiger partial charge in [-0.2, -0.15) is 0 Å².